The van der Waals surface area contributed by atoms with Crippen molar-refractivity contribution >= 4 is 18.2 Å². The molecule has 0 spiro atoms. The molecule has 142 valence electrons. The summed E-state index contributed by atoms with van der Waals surface area (Å²) in [6.45, 7) is 3.52. The summed E-state index contributed by atoms with van der Waals surface area (Å²) in [6.07, 6.45) is 4.49. The van der Waals surface area contributed by atoms with E-state index < -0.39 is 0 Å². The number of benzene rings is 1. The first-order valence-electron chi connectivity index (χ1n) is 9.33. The van der Waals surface area contributed by atoms with Crippen LogP contribution in [0.4, 0.5) is 11.8 Å². The van der Waals surface area contributed by atoms with E-state index in [-0.39, 0.29) is 0 Å². The summed E-state index contributed by atoms with van der Waals surface area (Å²) >= 11 is 0. The zero-order valence-electron chi connectivity index (χ0n) is 15.5. The van der Waals surface area contributed by atoms with Gasteiger partial charge in [-0.3, -0.25) is 9.78 Å². The second kappa shape index (κ2) is 8.47. The van der Waals surface area contributed by atoms with E-state index in [1.807, 2.05) is 54.7 Å². The van der Waals surface area contributed by atoms with Crippen LogP contribution in [0.1, 0.15) is 5.56 Å². The van der Waals surface area contributed by atoms with Gasteiger partial charge in [0.1, 0.15) is 5.82 Å². The second-order valence-corrected chi connectivity index (χ2v) is 6.64. The Hall–Kier alpha value is -3.48. The second-order valence-electron chi connectivity index (χ2n) is 6.64. The van der Waals surface area contributed by atoms with Crippen LogP contribution >= 0.6 is 0 Å². The molecule has 1 aromatic carbocycles. The van der Waals surface area contributed by atoms with Gasteiger partial charge in [0.05, 0.1) is 5.69 Å². The Bertz CT molecular complexity index is 911. The van der Waals surface area contributed by atoms with Crippen molar-refractivity contribution in [3.63, 3.8) is 0 Å². The van der Waals surface area contributed by atoms with E-state index in [0.717, 1.165) is 42.1 Å². The first-order valence-corrected chi connectivity index (χ1v) is 9.33. The number of amides is 1. The van der Waals surface area contributed by atoms with Crippen LogP contribution in [0.15, 0.2) is 60.9 Å². The zero-order valence-corrected chi connectivity index (χ0v) is 15.5. The quantitative estimate of drug-likeness (QED) is 0.668. The first kappa shape index (κ1) is 17.9. The standard InChI is InChI=1S/C21H22N6O/c28-16-26-9-11-27(12-10-26)20-13-19(18-6-2-1-3-7-18)24-21(25-20)23-15-17-5-4-8-22-14-17/h1-8,13-14,16H,9-12,15H2,(H,23,24,25). The number of hydrogen-bond acceptors (Lipinski definition) is 6. The van der Waals surface area contributed by atoms with Crippen LogP contribution in [-0.2, 0) is 11.3 Å². The lowest BCUT2D eigenvalue weighted by molar-refractivity contribution is -0.118. The lowest BCUT2D eigenvalue weighted by atomic mass is 10.1. The fourth-order valence-electron chi connectivity index (χ4n) is 3.17. The highest BCUT2D eigenvalue weighted by molar-refractivity contribution is 5.65. The van der Waals surface area contributed by atoms with Crippen molar-refractivity contribution in [3.05, 3.63) is 66.5 Å². The van der Waals surface area contributed by atoms with Crippen molar-refractivity contribution in [3.8, 4) is 11.3 Å². The molecule has 0 aliphatic carbocycles. The molecule has 1 amide bonds. The number of carbonyl (C=O) groups excluding carboxylic acids is 1. The molecular formula is C21H22N6O. The molecule has 2 aromatic heterocycles. The van der Waals surface area contributed by atoms with Crippen LogP contribution in [0.5, 0.6) is 0 Å². The van der Waals surface area contributed by atoms with Gasteiger partial charge in [0.25, 0.3) is 0 Å². The van der Waals surface area contributed by atoms with Crippen molar-refractivity contribution in [1.82, 2.24) is 19.9 Å². The average molecular weight is 374 g/mol. The molecule has 28 heavy (non-hydrogen) atoms. The Morgan fingerprint density at radius 2 is 1.82 bits per heavy atom. The van der Waals surface area contributed by atoms with E-state index >= 15 is 0 Å². The number of aromatic nitrogens is 3. The Morgan fingerprint density at radius 3 is 2.54 bits per heavy atom. The fourth-order valence-corrected chi connectivity index (χ4v) is 3.17. The maximum atomic E-state index is 11.0. The van der Waals surface area contributed by atoms with Crippen molar-refractivity contribution in [2.24, 2.45) is 0 Å². The molecule has 3 heterocycles. The number of nitrogens with zero attached hydrogens (tertiary/aromatic N) is 5. The molecule has 0 radical (unpaired) electrons. The summed E-state index contributed by atoms with van der Waals surface area (Å²) in [6, 6.07) is 16.0. The molecule has 0 atom stereocenters. The summed E-state index contributed by atoms with van der Waals surface area (Å²) in [5, 5.41) is 3.32. The molecule has 1 N–H and O–H groups in total. The van der Waals surface area contributed by atoms with Gasteiger partial charge in [-0.2, -0.15) is 4.98 Å². The predicted octanol–water partition coefficient (Wildman–Crippen LogP) is 2.43. The third-order valence-corrected chi connectivity index (χ3v) is 4.74. The van der Waals surface area contributed by atoms with Crippen LogP contribution in [0.2, 0.25) is 0 Å². The van der Waals surface area contributed by atoms with Gasteiger partial charge >= 0.3 is 0 Å². The Kier molecular flexibility index (Phi) is 5.42. The molecule has 7 nitrogen and oxygen atoms in total. The Labute approximate surface area is 164 Å². The van der Waals surface area contributed by atoms with Crippen LogP contribution in [0.25, 0.3) is 11.3 Å². The predicted molar refractivity (Wildman–Crippen MR) is 109 cm³/mol. The summed E-state index contributed by atoms with van der Waals surface area (Å²) in [7, 11) is 0. The SMILES string of the molecule is O=CN1CCN(c2cc(-c3ccccc3)nc(NCc3cccnc3)n2)CC1. The number of hydrogen-bond donors (Lipinski definition) is 1. The van der Waals surface area contributed by atoms with E-state index in [2.05, 4.69) is 15.2 Å². The van der Waals surface area contributed by atoms with Gasteiger partial charge in [0, 0.05) is 56.7 Å². The van der Waals surface area contributed by atoms with Crippen LogP contribution in [0, 0.1) is 0 Å². The lowest BCUT2D eigenvalue weighted by Crippen LogP contribution is -2.46. The summed E-state index contributed by atoms with van der Waals surface area (Å²) in [5.41, 5.74) is 2.98. The average Bonchev–Trinajstić information content (AvgIpc) is 2.79. The Balaban J connectivity index is 1.60. The summed E-state index contributed by atoms with van der Waals surface area (Å²) in [4.78, 5) is 28.5. The highest BCUT2D eigenvalue weighted by Gasteiger charge is 2.18. The largest absolute Gasteiger partial charge is 0.353 e. The highest BCUT2D eigenvalue weighted by atomic mass is 16.1. The maximum absolute atomic E-state index is 11.0. The first-order chi connectivity index (χ1) is 13.8. The van der Waals surface area contributed by atoms with Crippen LogP contribution in [-0.4, -0.2) is 52.4 Å². The monoisotopic (exact) mass is 374 g/mol. The summed E-state index contributed by atoms with van der Waals surface area (Å²) < 4.78 is 0. The molecular weight excluding hydrogens is 352 g/mol. The molecule has 7 heteroatoms. The minimum absolute atomic E-state index is 0.582. The van der Waals surface area contributed by atoms with Crippen molar-refractivity contribution < 1.29 is 4.79 Å². The van der Waals surface area contributed by atoms with E-state index in [0.29, 0.717) is 25.6 Å². The molecule has 1 aliphatic rings. The third-order valence-electron chi connectivity index (χ3n) is 4.74. The molecule has 1 fully saturated rings. The van der Waals surface area contributed by atoms with Gasteiger partial charge in [0.15, 0.2) is 0 Å². The minimum atomic E-state index is 0.582. The minimum Gasteiger partial charge on any atom is -0.353 e. The fraction of sp³-hybridized carbons (Fsp3) is 0.238. The molecule has 1 aliphatic heterocycles. The van der Waals surface area contributed by atoms with Crippen molar-refractivity contribution in [1.29, 1.82) is 0 Å². The van der Waals surface area contributed by atoms with E-state index in [9.17, 15) is 4.79 Å². The number of nitrogens with one attached hydrogen (secondary N) is 1. The maximum Gasteiger partial charge on any atom is 0.225 e. The third kappa shape index (κ3) is 4.25. The van der Waals surface area contributed by atoms with E-state index in [1.165, 1.54) is 0 Å². The van der Waals surface area contributed by atoms with E-state index in [4.69, 9.17) is 9.97 Å². The topological polar surface area (TPSA) is 74.2 Å². The van der Waals surface area contributed by atoms with Gasteiger partial charge in [-0.05, 0) is 11.6 Å². The lowest BCUT2D eigenvalue weighted by Gasteiger charge is -2.33. The number of anilines is 2. The molecule has 1 saturated heterocycles. The summed E-state index contributed by atoms with van der Waals surface area (Å²) in [5.74, 6) is 1.45. The Morgan fingerprint density at radius 1 is 1.00 bits per heavy atom. The molecule has 0 unspecified atom stereocenters. The molecule has 0 bridgehead atoms. The van der Waals surface area contributed by atoms with Crippen molar-refractivity contribution in [2.75, 3.05) is 36.4 Å². The number of pyridine rings is 1. The van der Waals surface area contributed by atoms with Gasteiger partial charge < -0.3 is 15.1 Å². The number of piperazine rings is 1. The number of carbonyl (C=O) groups is 1. The normalized spacial score (nSPS) is 14.0. The molecule has 3 aromatic rings. The van der Waals surface area contributed by atoms with Crippen LogP contribution in [0.3, 0.4) is 0 Å². The van der Waals surface area contributed by atoms with Gasteiger partial charge in [-0.15, -0.1) is 0 Å². The van der Waals surface area contributed by atoms with Crippen LogP contribution < -0.4 is 10.2 Å². The molecule has 4 rings (SSSR count). The van der Waals surface area contributed by atoms with Crippen molar-refractivity contribution in [2.45, 2.75) is 6.54 Å². The van der Waals surface area contributed by atoms with E-state index in [1.54, 1.807) is 11.1 Å². The van der Waals surface area contributed by atoms with Gasteiger partial charge in [-0.25, -0.2) is 4.98 Å². The molecule has 0 saturated carbocycles. The smallest absolute Gasteiger partial charge is 0.225 e. The zero-order chi connectivity index (χ0) is 19.2. The highest BCUT2D eigenvalue weighted by Crippen LogP contribution is 2.24. The van der Waals surface area contributed by atoms with Gasteiger partial charge in [-0.1, -0.05) is 36.4 Å². The van der Waals surface area contributed by atoms with Gasteiger partial charge in [0.2, 0.25) is 12.4 Å². The number of rotatable bonds is 6.